The smallest absolute Gasteiger partial charge is 0.255 e. The van der Waals surface area contributed by atoms with Crippen LogP contribution in [0.15, 0.2) is 30.6 Å². The summed E-state index contributed by atoms with van der Waals surface area (Å²) in [6.07, 6.45) is 11.2. The Kier molecular flexibility index (Phi) is 6.73. The van der Waals surface area contributed by atoms with Crippen LogP contribution in [-0.4, -0.2) is 39.4 Å². The quantitative estimate of drug-likeness (QED) is 0.786. The van der Waals surface area contributed by atoms with Crippen LogP contribution in [0, 0.1) is 19.8 Å². The molecule has 6 heteroatoms. The van der Waals surface area contributed by atoms with Crippen LogP contribution >= 0.6 is 0 Å². The van der Waals surface area contributed by atoms with Gasteiger partial charge in [-0.3, -0.25) is 14.6 Å². The Morgan fingerprint density at radius 1 is 1.10 bits per heavy atom. The summed E-state index contributed by atoms with van der Waals surface area (Å²) in [6.45, 7) is 5.98. The van der Waals surface area contributed by atoms with E-state index in [2.05, 4.69) is 34.8 Å². The molecule has 2 fully saturated rings. The molecule has 4 rings (SSSR count). The number of nitrogens with zero attached hydrogens (tertiary/aromatic N) is 3. The molecule has 2 aliphatic rings. The highest BCUT2D eigenvalue weighted by molar-refractivity contribution is 5.96. The van der Waals surface area contributed by atoms with Gasteiger partial charge in [-0.25, -0.2) is 0 Å². The van der Waals surface area contributed by atoms with Crippen molar-refractivity contribution in [3.8, 4) is 0 Å². The minimum Gasteiger partial charge on any atom is -0.352 e. The summed E-state index contributed by atoms with van der Waals surface area (Å²) in [5.41, 5.74) is 4.13. The van der Waals surface area contributed by atoms with E-state index < -0.39 is 0 Å². The van der Waals surface area contributed by atoms with Crippen LogP contribution in [0.3, 0.4) is 0 Å². The molecule has 0 spiro atoms. The lowest BCUT2D eigenvalue weighted by Gasteiger charge is -2.31. The Labute approximate surface area is 185 Å². The molecule has 2 amide bonds. The van der Waals surface area contributed by atoms with Crippen molar-refractivity contribution in [2.24, 2.45) is 5.92 Å². The van der Waals surface area contributed by atoms with Gasteiger partial charge in [0.25, 0.3) is 5.91 Å². The van der Waals surface area contributed by atoms with Gasteiger partial charge < -0.3 is 14.8 Å². The molecule has 1 saturated carbocycles. The van der Waals surface area contributed by atoms with E-state index in [4.69, 9.17) is 0 Å². The fourth-order valence-electron chi connectivity index (χ4n) is 5.25. The van der Waals surface area contributed by atoms with E-state index in [1.807, 2.05) is 17.0 Å². The number of aryl methyl sites for hydroxylation is 1. The van der Waals surface area contributed by atoms with Crippen LogP contribution in [-0.2, 0) is 11.3 Å². The number of carbonyl (C=O) groups is 2. The minimum absolute atomic E-state index is 0.0320. The number of carbonyl (C=O) groups excluding carboxylic acids is 2. The van der Waals surface area contributed by atoms with Crippen molar-refractivity contribution in [2.75, 3.05) is 13.1 Å². The van der Waals surface area contributed by atoms with Crippen molar-refractivity contribution in [1.29, 1.82) is 0 Å². The van der Waals surface area contributed by atoms with Gasteiger partial charge in [-0.15, -0.1) is 0 Å². The van der Waals surface area contributed by atoms with Crippen molar-refractivity contribution < 1.29 is 9.59 Å². The van der Waals surface area contributed by atoms with Crippen LogP contribution in [0.2, 0.25) is 0 Å². The van der Waals surface area contributed by atoms with Crippen molar-refractivity contribution in [3.05, 3.63) is 53.1 Å². The molecule has 0 bridgehead atoms. The fourth-order valence-corrected chi connectivity index (χ4v) is 5.25. The van der Waals surface area contributed by atoms with Gasteiger partial charge in [0.05, 0.1) is 5.56 Å². The number of aromatic nitrogens is 2. The number of hydrogen-bond donors (Lipinski definition) is 1. The molecule has 1 saturated heterocycles. The lowest BCUT2D eigenvalue weighted by Crippen LogP contribution is -2.43. The zero-order valence-corrected chi connectivity index (χ0v) is 18.8. The van der Waals surface area contributed by atoms with Crippen LogP contribution in [0.1, 0.15) is 78.3 Å². The standard InChI is InChI=1S/C25H34N4O2/c1-18-15-23(19(2)29(18)22-8-4-3-5-9-22)25(31)28-13-10-21(11-14-28)24(30)27-17-20-7-6-12-26-16-20/h6-7,12,15-16,21-22H,3-5,8-11,13-14,17H2,1-2H3,(H,27,30). The molecule has 166 valence electrons. The molecule has 2 aromatic rings. The summed E-state index contributed by atoms with van der Waals surface area (Å²) < 4.78 is 2.39. The summed E-state index contributed by atoms with van der Waals surface area (Å²) in [5, 5.41) is 3.01. The first kappa shape index (κ1) is 21.6. The number of likely N-dealkylation sites (tertiary alicyclic amines) is 1. The summed E-state index contributed by atoms with van der Waals surface area (Å²) in [6, 6.07) is 6.43. The summed E-state index contributed by atoms with van der Waals surface area (Å²) in [5.74, 6) is 0.159. The number of hydrogen-bond acceptors (Lipinski definition) is 3. The molecule has 6 nitrogen and oxygen atoms in total. The lowest BCUT2D eigenvalue weighted by molar-refractivity contribution is -0.126. The Bertz CT molecular complexity index is 907. The number of nitrogens with one attached hydrogen (secondary N) is 1. The van der Waals surface area contributed by atoms with Gasteiger partial charge in [-0.2, -0.15) is 0 Å². The van der Waals surface area contributed by atoms with Gasteiger partial charge in [0, 0.05) is 55.4 Å². The summed E-state index contributed by atoms with van der Waals surface area (Å²) in [7, 11) is 0. The van der Waals surface area contributed by atoms with Gasteiger partial charge >= 0.3 is 0 Å². The van der Waals surface area contributed by atoms with Gasteiger partial charge in [0.2, 0.25) is 5.91 Å². The Morgan fingerprint density at radius 3 is 2.52 bits per heavy atom. The highest BCUT2D eigenvalue weighted by atomic mass is 16.2. The SMILES string of the molecule is Cc1cc(C(=O)N2CCC(C(=O)NCc3cccnc3)CC2)c(C)n1C1CCCCC1. The summed E-state index contributed by atoms with van der Waals surface area (Å²) in [4.78, 5) is 31.8. The second kappa shape index (κ2) is 9.67. The molecule has 0 radical (unpaired) electrons. The number of rotatable bonds is 5. The van der Waals surface area contributed by atoms with Crippen molar-refractivity contribution in [1.82, 2.24) is 19.8 Å². The average Bonchev–Trinajstić information content (AvgIpc) is 3.12. The Hall–Kier alpha value is -2.63. The third-order valence-corrected chi connectivity index (χ3v) is 7.00. The van der Waals surface area contributed by atoms with E-state index in [-0.39, 0.29) is 17.7 Å². The third kappa shape index (κ3) is 4.83. The fraction of sp³-hybridized carbons (Fsp3) is 0.560. The maximum absolute atomic E-state index is 13.3. The van der Waals surface area contributed by atoms with Gasteiger partial charge in [-0.05, 0) is 57.2 Å². The molecule has 1 N–H and O–H groups in total. The monoisotopic (exact) mass is 422 g/mol. The van der Waals surface area contributed by atoms with E-state index in [1.54, 1.807) is 12.4 Å². The number of pyridine rings is 1. The number of piperidine rings is 1. The second-order valence-electron chi connectivity index (χ2n) is 9.09. The van der Waals surface area contributed by atoms with Crippen molar-refractivity contribution in [3.63, 3.8) is 0 Å². The first-order chi connectivity index (χ1) is 15.0. The van der Waals surface area contributed by atoms with Crippen LogP contribution < -0.4 is 5.32 Å². The van der Waals surface area contributed by atoms with Crippen molar-refractivity contribution >= 4 is 11.8 Å². The number of amides is 2. The highest BCUT2D eigenvalue weighted by Gasteiger charge is 2.30. The van der Waals surface area contributed by atoms with Gasteiger partial charge in [0.1, 0.15) is 0 Å². The topological polar surface area (TPSA) is 67.2 Å². The maximum Gasteiger partial charge on any atom is 0.255 e. The molecular formula is C25H34N4O2. The lowest BCUT2D eigenvalue weighted by atomic mass is 9.94. The molecule has 2 aromatic heterocycles. The highest BCUT2D eigenvalue weighted by Crippen LogP contribution is 2.33. The Morgan fingerprint density at radius 2 is 1.84 bits per heavy atom. The second-order valence-corrected chi connectivity index (χ2v) is 9.09. The molecule has 1 aliphatic carbocycles. The first-order valence-electron chi connectivity index (χ1n) is 11.7. The molecule has 0 aromatic carbocycles. The minimum atomic E-state index is -0.0320. The predicted molar refractivity (Wildman–Crippen MR) is 121 cm³/mol. The predicted octanol–water partition coefficient (Wildman–Crippen LogP) is 4.17. The first-order valence-corrected chi connectivity index (χ1v) is 11.7. The average molecular weight is 423 g/mol. The molecule has 0 unspecified atom stereocenters. The van der Waals surface area contributed by atoms with Gasteiger partial charge in [0.15, 0.2) is 0 Å². The van der Waals surface area contributed by atoms with E-state index >= 15 is 0 Å². The molecule has 31 heavy (non-hydrogen) atoms. The maximum atomic E-state index is 13.3. The molecule has 1 aliphatic heterocycles. The van der Waals surface area contributed by atoms with Crippen LogP contribution in [0.5, 0.6) is 0 Å². The van der Waals surface area contributed by atoms with E-state index in [0.717, 1.165) is 16.8 Å². The van der Waals surface area contributed by atoms with E-state index in [9.17, 15) is 9.59 Å². The van der Waals surface area contributed by atoms with Crippen LogP contribution in [0.4, 0.5) is 0 Å². The van der Waals surface area contributed by atoms with Crippen LogP contribution in [0.25, 0.3) is 0 Å². The van der Waals surface area contributed by atoms with E-state index in [0.29, 0.717) is 38.5 Å². The zero-order chi connectivity index (χ0) is 21.8. The van der Waals surface area contributed by atoms with Gasteiger partial charge in [-0.1, -0.05) is 25.3 Å². The molecule has 3 heterocycles. The Balaban J connectivity index is 1.33. The third-order valence-electron chi connectivity index (χ3n) is 7.00. The molecule has 0 atom stereocenters. The normalized spacial score (nSPS) is 18.2. The summed E-state index contributed by atoms with van der Waals surface area (Å²) >= 11 is 0. The zero-order valence-electron chi connectivity index (χ0n) is 18.8. The van der Waals surface area contributed by atoms with Crippen molar-refractivity contribution in [2.45, 2.75) is 71.4 Å². The molecular weight excluding hydrogens is 388 g/mol. The largest absolute Gasteiger partial charge is 0.352 e. The van der Waals surface area contributed by atoms with E-state index in [1.165, 1.54) is 37.8 Å².